The number of benzene rings is 1. The lowest BCUT2D eigenvalue weighted by molar-refractivity contribution is 0.0746. The molecule has 8 heteroatoms. The molecule has 0 aliphatic carbocycles. The van der Waals surface area contributed by atoms with Crippen LogP contribution in [0.1, 0.15) is 26.7 Å². The van der Waals surface area contributed by atoms with E-state index in [0.717, 1.165) is 47.7 Å². The van der Waals surface area contributed by atoms with Crippen LogP contribution in [-0.4, -0.2) is 57.9 Å². The molecule has 1 atom stereocenters. The van der Waals surface area contributed by atoms with Crippen LogP contribution in [0.15, 0.2) is 42.7 Å². The van der Waals surface area contributed by atoms with Gasteiger partial charge in [-0.15, -0.1) is 0 Å². The molecule has 0 spiro atoms. The van der Waals surface area contributed by atoms with Crippen LogP contribution in [0.3, 0.4) is 0 Å². The predicted octanol–water partition coefficient (Wildman–Crippen LogP) is 3.83. The van der Waals surface area contributed by atoms with E-state index in [9.17, 15) is 4.79 Å². The van der Waals surface area contributed by atoms with E-state index < -0.39 is 0 Å². The summed E-state index contributed by atoms with van der Waals surface area (Å²) < 4.78 is 12.6. The Bertz CT molecular complexity index is 1030. The minimum absolute atomic E-state index is 0.0906. The van der Waals surface area contributed by atoms with E-state index in [4.69, 9.17) is 14.5 Å². The second-order valence-corrected chi connectivity index (χ2v) is 7.64. The molecule has 1 saturated heterocycles. The van der Waals surface area contributed by atoms with E-state index in [1.165, 1.54) is 0 Å². The highest BCUT2D eigenvalue weighted by atomic mass is 16.6. The number of fused-ring (bicyclic) bond motifs is 1. The van der Waals surface area contributed by atoms with Crippen molar-refractivity contribution < 1.29 is 14.3 Å². The van der Waals surface area contributed by atoms with Gasteiger partial charge in [-0.05, 0) is 38.8 Å². The van der Waals surface area contributed by atoms with Gasteiger partial charge in [-0.3, -0.25) is 0 Å². The van der Waals surface area contributed by atoms with Crippen LogP contribution in [0.25, 0.3) is 16.8 Å². The van der Waals surface area contributed by atoms with Gasteiger partial charge in [-0.2, -0.15) is 5.10 Å². The third kappa shape index (κ3) is 4.03. The third-order valence-corrected chi connectivity index (χ3v) is 5.23. The number of rotatable bonds is 6. The van der Waals surface area contributed by atoms with Crippen LogP contribution in [-0.2, 0) is 4.74 Å². The molecule has 0 radical (unpaired) electrons. The zero-order chi connectivity index (χ0) is 21.1. The van der Waals surface area contributed by atoms with Crippen molar-refractivity contribution >= 4 is 17.6 Å². The Balaban J connectivity index is 1.52. The summed E-state index contributed by atoms with van der Waals surface area (Å²) >= 11 is 0. The Hall–Kier alpha value is -3.29. The van der Waals surface area contributed by atoms with Crippen molar-refractivity contribution in [2.24, 2.45) is 0 Å². The average Bonchev–Trinajstić information content (AvgIpc) is 3.38. The van der Waals surface area contributed by atoms with Gasteiger partial charge in [0, 0.05) is 24.8 Å². The highest BCUT2D eigenvalue weighted by Crippen LogP contribution is 2.32. The largest absolute Gasteiger partial charge is 0.496 e. The SMILES string of the molecule is COc1ccccc1-c1cnn2ccc(NCC3CCCN3C(=O)OC(C)C)nc12. The van der Waals surface area contributed by atoms with Gasteiger partial charge in [-0.1, -0.05) is 18.2 Å². The van der Waals surface area contributed by atoms with Gasteiger partial charge in [0.25, 0.3) is 0 Å². The topological polar surface area (TPSA) is 81.0 Å². The average molecular weight is 409 g/mol. The van der Waals surface area contributed by atoms with Gasteiger partial charge in [0.2, 0.25) is 0 Å². The summed E-state index contributed by atoms with van der Waals surface area (Å²) in [7, 11) is 1.66. The number of anilines is 1. The number of hydrogen-bond acceptors (Lipinski definition) is 6. The van der Waals surface area contributed by atoms with E-state index in [1.807, 2.05) is 55.3 Å². The monoisotopic (exact) mass is 409 g/mol. The first-order valence-corrected chi connectivity index (χ1v) is 10.3. The van der Waals surface area contributed by atoms with Crippen LogP contribution in [0.2, 0.25) is 0 Å². The molecule has 158 valence electrons. The molecule has 30 heavy (non-hydrogen) atoms. The first kappa shape index (κ1) is 20.0. The summed E-state index contributed by atoms with van der Waals surface area (Å²) in [5.74, 6) is 1.51. The number of nitrogens with zero attached hydrogens (tertiary/aromatic N) is 4. The number of carbonyl (C=O) groups excluding carboxylic acids is 1. The zero-order valence-corrected chi connectivity index (χ0v) is 17.5. The number of para-hydroxylation sites is 1. The van der Waals surface area contributed by atoms with Crippen molar-refractivity contribution in [1.82, 2.24) is 19.5 Å². The van der Waals surface area contributed by atoms with Crippen molar-refractivity contribution in [2.45, 2.75) is 38.8 Å². The van der Waals surface area contributed by atoms with Crippen molar-refractivity contribution in [3.05, 3.63) is 42.7 Å². The van der Waals surface area contributed by atoms with Crippen LogP contribution >= 0.6 is 0 Å². The normalized spacial score (nSPS) is 16.3. The number of nitrogens with one attached hydrogen (secondary N) is 1. The zero-order valence-electron chi connectivity index (χ0n) is 17.5. The number of hydrogen-bond donors (Lipinski definition) is 1. The molecule has 0 saturated carbocycles. The van der Waals surface area contributed by atoms with Crippen LogP contribution in [0.4, 0.5) is 10.6 Å². The molecule has 1 amide bonds. The third-order valence-electron chi connectivity index (χ3n) is 5.23. The summed E-state index contributed by atoms with van der Waals surface area (Å²) in [5, 5.41) is 7.79. The van der Waals surface area contributed by atoms with Gasteiger partial charge in [0.15, 0.2) is 5.65 Å². The maximum absolute atomic E-state index is 12.3. The van der Waals surface area contributed by atoms with Crippen LogP contribution in [0, 0.1) is 0 Å². The van der Waals surface area contributed by atoms with Gasteiger partial charge in [-0.25, -0.2) is 14.3 Å². The first-order chi connectivity index (χ1) is 14.6. The molecule has 0 bridgehead atoms. The van der Waals surface area contributed by atoms with E-state index >= 15 is 0 Å². The summed E-state index contributed by atoms with van der Waals surface area (Å²) in [6.45, 7) is 5.08. The Morgan fingerprint density at radius 2 is 2.10 bits per heavy atom. The van der Waals surface area contributed by atoms with Gasteiger partial charge < -0.3 is 19.7 Å². The second kappa shape index (κ2) is 8.61. The summed E-state index contributed by atoms with van der Waals surface area (Å²) in [6.07, 6.45) is 5.24. The molecule has 1 aliphatic heterocycles. The van der Waals surface area contributed by atoms with E-state index in [1.54, 1.807) is 17.8 Å². The van der Waals surface area contributed by atoms with Gasteiger partial charge in [0.05, 0.1) is 31.0 Å². The molecule has 1 fully saturated rings. The summed E-state index contributed by atoms with van der Waals surface area (Å²) in [6, 6.07) is 9.80. The Morgan fingerprint density at radius 1 is 1.27 bits per heavy atom. The van der Waals surface area contributed by atoms with Crippen LogP contribution < -0.4 is 10.1 Å². The number of likely N-dealkylation sites (tertiary alicyclic amines) is 1. The Kier molecular flexibility index (Phi) is 5.74. The molecule has 1 aromatic carbocycles. The molecule has 2 aromatic heterocycles. The molecule has 4 rings (SSSR count). The smallest absolute Gasteiger partial charge is 0.410 e. The number of carbonyl (C=O) groups is 1. The standard InChI is InChI=1S/C22H27N5O3/c1-15(2)30-22(28)26-11-6-7-16(26)13-23-20-10-12-27-21(25-20)18(14-24-27)17-8-4-5-9-19(17)29-3/h4-5,8-10,12,14-16H,6-7,11,13H2,1-3H3,(H,23,25). The molecule has 3 heterocycles. The highest BCUT2D eigenvalue weighted by Gasteiger charge is 2.30. The quantitative estimate of drug-likeness (QED) is 0.666. The fourth-order valence-electron chi connectivity index (χ4n) is 3.80. The molecule has 8 nitrogen and oxygen atoms in total. The molecule has 1 aliphatic rings. The maximum atomic E-state index is 12.3. The Labute approximate surface area is 175 Å². The van der Waals surface area contributed by atoms with Crippen molar-refractivity contribution in [3.63, 3.8) is 0 Å². The van der Waals surface area contributed by atoms with Gasteiger partial charge >= 0.3 is 6.09 Å². The molecular weight excluding hydrogens is 382 g/mol. The van der Waals surface area contributed by atoms with Crippen molar-refractivity contribution in [2.75, 3.05) is 25.5 Å². The summed E-state index contributed by atoms with van der Waals surface area (Å²) in [5.41, 5.74) is 2.59. The fourth-order valence-corrected chi connectivity index (χ4v) is 3.80. The number of methoxy groups -OCH3 is 1. The van der Waals surface area contributed by atoms with Crippen LogP contribution in [0.5, 0.6) is 5.75 Å². The summed E-state index contributed by atoms with van der Waals surface area (Å²) in [4.78, 5) is 18.9. The second-order valence-electron chi connectivity index (χ2n) is 7.64. The molecular formula is C22H27N5O3. The molecule has 1 unspecified atom stereocenters. The van der Waals surface area contributed by atoms with Gasteiger partial charge in [0.1, 0.15) is 11.6 Å². The predicted molar refractivity (Wildman–Crippen MR) is 115 cm³/mol. The number of ether oxygens (including phenoxy) is 2. The lowest BCUT2D eigenvalue weighted by Crippen LogP contribution is -2.40. The van der Waals surface area contributed by atoms with Crippen molar-refractivity contribution in [3.8, 4) is 16.9 Å². The Morgan fingerprint density at radius 3 is 2.90 bits per heavy atom. The lowest BCUT2D eigenvalue weighted by Gasteiger charge is -2.25. The maximum Gasteiger partial charge on any atom is 0.410 e. The van der Waals surface area contributed by atoms with E-state index in [2.05, 4.69) is 10.4 Å². The first-order valence-electron chi connectivity index (χ1n) is 10.3. The number of aromatic nitrogens is 3. The highest BCUT2D eigenvalue weighted by molar-refractivity contribution is 5.81. The molecule has 3 aromatic rings. The van der Waals surface area contributed by atoms with Crippen molar-refractivity contribution in [1.29, 1.82) is 0 Å². The fraction of sp³-hybridized carbons (Fsp3) is 0.409. The van der Waals surface area contributed by atoms with E-state index in [-0.39, 0.29) is 18.2 Å². The van der Waals surface area contributed by atoms with E-state index in [0.29, 0.717) is 6.54 Å². The minimum atomic E-state index is -0.244. The lowest BCUT2D eigenvalue weighted by atomic mass is 10.1. The number of amides is 1. The minimum Gasteiger partial charge on any atom is -0.496 e. The molecule has 1 N–H and O–H groups in total.